The van der Waals surface area contributed by atoms with Crippen molar-refractivity contribution in [2.45, 2.75) is 32.4 Å². The minimum atomic E-state index is -0.432. The van der Waals surface area contributed by atoms with Crippen LogP contribution in [0.25, 0.3) is 10.2 Å². The summed E-state index contributed by atoms with van der Waals surface area (Å²) in [5.41, 5.74) is 1.66. The third kappa shape index (κ3) is 4.14. The van der Waals surface area contributed by atoms with E-state index in [2.05, 4.69) is 17.4 Å². The second-order valence-corrected chi connectivity index (χ2v) is 7.18. The van der Waals surface area contributed by atoms with E-state index in [9.17, 15) is 9.59 Å². The predicted octanol–water partition coefficient (Wildman–Crippen LogP) is 3.63. The van der Waals surface area contributed by atoms with Gasteiger partial charge >= 0.3 is 5.97 Å². The lowest BCUT2D eigenvalue weighted by Crippen LogP contribution is -2.35. The Hall–Kier alpha value is -2.60. The molecule has 6 heteroatoms. The summed E-state index contributed by atoms with van der Waals surface area (Å²) in [5.74, 6) is -0.542. The number of aromatic nitrogens is 1. The lowest BCUT2D eigenvalue weighted by molar-refractivity contribution is -0.122. The van der Waals surface area contributed by atoms with Crippen LogP contribution in [0, 0.1) is 0 Å². The molecule has 0 radical (unpaired) electrons. The number of esters is 1. The molecule has 3 rings (SSSR count). The van der Waals surface area contributed by atoms with Crippen molar-refractivity contribution in [3.63, 3.8) is 0 Å². The number of amides is 1. The van der Waals surface area contributed by atoms with Crippen LogP contribution < -0.4 is 5.32 Å². The molecule has 3 aromatic rings. The fraction of sp³-hybridized carbons (Fsp3) is 0.300. The van der Waals surface area contributed by atoms with E-state index in [0.717, 1.165) is 23.1 Å². The van der Waals surface area contributed by atoms with Crippen LogP contribution in [0.1, 0.15) is 29.4 Å². The maximum atomic E-state index is 12.5. The first-order chi connectivity index (χ1) is 12.6. The average Bonchev–Trinajstić information content (AvgIpc) is 3.23. The Balaban J connectivity index is 1.63. The third-order valence-electron chi connectivity index (χ3n) is 4.31. The zero-order valence-electron chi connectivity index (χ0n) is 14.9. The number of nitrogens with zero attached hydrogens (tertiary/aromatic N) is 1. The smallest absolute Gasteiger partial charge is 0.354 e. The van der Waals surface area contributed by atoms with E-state index in [1.54, 1.807) is 10.6 Å². The molecule has 26 heavy (non-hydrogen) atoms. The maximum absolute atomic E-state index is 12.5. The van der Waals surface area contributed by atoms with E-state index in [0.29, 0.717) is 5.69 Å². The van der Waals surface area contributed by atoms with Gasteiger partial charge in [-0.15, -0.1) is 11.3 Å². The Morgan fingerprint density at radius 2 is 2.00 bits per heavy atom. The number of aryl methyl sites for hydroxylation is 1. The molecule has 0 bridgehead atoms. The molecule has 0 saturated carbocycles. The Bertz CT molecular complexity index is 898. The second-order valence-electron chi connectivity index (χ2n) is 6.28. The van der Waals surface area contributed by atoms with Gasteiger partial charge in [0.25, 0.3) is 0 Å². The van der Waals surface area contributed by atoms with Gasteiger partial charge in [-0.25, -0.2) is 4.79 Å². The maximum Gasteiger partial charge on any atom is 0.354 e. The highest BCUT2D eigenvalue weighted by molar-refractivity contribution is 7.16. The normalized spacial score (nSPS) is 12.1. The van der Waals surface area contributed by atoms with E-state index < -0.39 is 5.97 Å². The van der Waals surface area contributed by atoms with Gasteiger partial charge in [0.2, 0.25) is 5.91 Å². The topological polar surface area (TPSA) is 60.3 Å². The molecule has 1 atom stereocenters. The summed E-state index contributed by atoms with van der Waals surface area (Å²) >= 11 is 1.51. The van der Waals surface area contributed by atoms with Crippen LogP contribution in [0.5, 0.6) is 0 Å². The molecular weight excluding hydrogens is 348 g/mol. The number of methoxy groups -OCH3 is 1. The van der Waals surface area contributed by atoms with E-state index in [4.69, 9.17) is 4.74 Å². The molecule has 0 fully saturated rings. The lowest BCUT2D eigenvalue weighted by atomic mass is 10.1. The highest BCUT2D eigenvalue weighted by atomic mass is 32.1. The zero-order chi connectivity index (χ0) is 18.5. The summed E-state index contributed by atoms with van der Waals surface area (Å²) in [6, 6.07) is 14.0. The largest absolute Gasteiger partial charge is 0.464 e. The minimum Gasteiger partial charge on any atom is -0.464 e. The van der Waals surface area contributed by atoms with Gasteiger partial charge in [0, 0.05) is 11.4 Å². The molecule has 0 spiro atoms. The van der Waals surface area contributed by atoms with Crippen molar-refractivity contribution in [1.82, 2.24) is 9.88 Å². The number of hydrogen-bond acceptors (Lipinski definition) is 4. The molecule has 1 unspecified atom stereocenters. The summed E-state index contributed by atoms with van der Waals surface area (Å²) in [5, 5.41) is 5.91. The van der Waals surface area contributed by atoms with Crippen molar-refractivity contribution in [2.75, 3.05) is 7.11 Å². The van der Waals surface area contributed by atoms with Crippen molar-refractivity contribution in [2.24, 2.45) is 0 Å². The number of fused-ring (bicyclic) bond motifs is 1. The number of carbonyl (C=O) groups is 2. The quantitative estimate of drug-likeness (QED) is 0.646. The van der Waals surface area contributed by atoms with Gasteiger partial charge in [-0.2, -0.15) is 0 Å². The van der Waals surface area contributed by atoms with Gasteiger partial charge in [0.15, 0.2) is 0 Å². The molecule has 0 aliphatic carbocycles. The average molecular weight is 370 g/mol. The molecule has 1 N–H and O–H groups in total. The summed E-state index contributed by atoms with van der Waals surface area (Å²) in [6.45, 7) is 2.10. The summed E-state index contributed by atoms with van der Waals surface area (Å²) < 4.78 is 6.57. The van der Waals surface area contributed by atoms with Crippen LogP contribution >= 0.6 is 11.3 Å². The Kier molecular flexibility index (Phi) is 5.73. The van der Waals surface area contributed by atoms with Gasteiger partial charge in [0.05, 0.1) is 7.11 Å². The zero-order valence-corrected chi connectivity index (χ0v) is 15.7. The van der Waals surface area contributed by atoms with Crippen LogP contribution in [0.2, 0.25) is 0 Å². The van der Waals surface area contributed by atoms with Crippen LogP contribution in [0.4, 0.5) is 0 Å². The van der Waals surface area contributed by atoms with Crippen LogP contribution in [0.15, 0.2) is 47.8 Å². The van der Waals surface area contributed by atoms with Crippen molar-refractivity contribution >= 4 is 33.4 Å². The fourth-order valence-corrected chi connectivity index (χ4v) is 3.87. The number of rotatable bonds is 7. The molecule has 5 nitrogen and oxygen atoms in total. The van der Waals surface area contributed by atoms with Crippen LogP contribution in [-0.2, 0) is 22.5 Å². The first-order valence-electron chi connectivity index (χ1n) is 8.57. The molecule has 0 aliphatic rings. The molecule has 136 valence electrons. The number of carbonyl (C=O) groups excluding carboxylic acids is 2. The van der Waals surface area contributed by atoms with Gasteiger partial charge in [-0.1, -0.05) is 30.3 Å². The highest BCUT2D eigenvalue weighted by Gasteiger charge is 2.19. The van der Waals surface area contributed by atoms with E-state index in [1.807, 2.05) is 36.6 Å². The summed E-state index contributed by atoms with van der Waals surface area (Å²) in [4.78, 5) is 25.4. The first-order valence-corrected chi connectivity index (χ1v) is 9.44. The first kappa shape index (κ1) is 18.2. The second kappa shape index (κ2) is 8.19. The summed E-state index contributed by atoms with van der Waals surface area (Å²) in [7, 11) is 1.35. The highest BCUT2D eigenvalue weighted by Crippen LogP contribution is 2.25. The lowest BCUT2D eigenvalue weighted by Gasteiger charge is -2.15. The number of benzene rings is 1. The Morgan fingerprint density at radius 3 is 2.73 bits per heavy atom. The van der Waals surface area contributed by atoms with Crippen molar-refractivity contribution in [1.29, 1.82) is 0 Å². The van der Waals surface area contributed by atoms with Gasteiger partial charge in [-0.3, -0.25) is 4.79 Å². The molecule has 2 heterocycles. The third-order valence-corrected chi connectivity index (χ3v) is 5.27. The van der Waals surface area contributed by atoms with E-state index in [1.165, 1.54) is 24.0 Å². The molecule has 0 saturated heterocycles. The van der Waals surface area contributed by atoms with Gasteiger partial charge in [0.1, 0.15) is 17.1 Å². The monoisotopic (exact) mass is 370 g/mol. The van der Waals surface area contributed by atoms with E-state index >= 15 is 0 Å². The van der Waals surface area contributed by atoms with Gasteiger partial charge < -0.3 is 14.6 Å². The minimum absolute atomic E-state index is 0.0543. The summed E-state index contributed by atoms with van der Waals surface area (Å²) in [6.07, 6.45) is 1.77. The Labute approximate surface area is 156 Å². The molecule has 2 aromatic heterocycles. The molecule has 0 aliphatic heterocycles. The standard InChI is InChI=1S/C20H22N2O3S/c1-14(8-9-15-6-4-3-5-7-15)21-18(23)13-22-17(20(24)25-2)12-16-10-11-26-19(16)22/h3-7,10-12,14H,8-9,13H2,1-2H3,(H,21,23). The van der Waals surface area contributed by atoms with Gasteiger partial charge in [-0.05, 0) is 42.8 Å². The van der Waals surface area contributed by atoms with Crippen molar-refractivity contribution in [3.8, 4) is 0 Å². The SMILES string of the molecule is COC(=O)c1cc2ccsc2n1CC(=O)NC(C)CCc1ccccc1. The molecule has 1 amide bonds. The molecular formula is C20H22N2O3S. The number of nitrogens with one attached hydrogen (secondary N) is 1. The number of hydrogen-bond donors (Lipinski definition) is 1. The molecule has 1 aromatic carbocycles. The number of thiophene rings is 1. The van der Waals surface area contributed by atoms with E-state index in [-0.39, 0.29) is 18.5 Å². The van der Waals surface area contributed by atoms with Crippen LogP contribution in [0.3, 0.4) is 0 Å². The Morgan fingerprint density at radius 1 is 1.23 bits per heavy atom. The number of ether oxygens (including phenoxy) is 1. The van der Waals surface area contributed by atoms with Crippen molar-refractivity contribution in [3.05, 3.63) is 59.1 Å². The van der Waals surface area contributed by atoms with Crippen molar-refractivity contribution < 1.29 is 14.3 Å². The van der Waals surface area contributed by atoms with Crippen LogP contribution in [-0.4, -0.2) is 29.6 Å². The predicted molar refractivity (Wildman–Crippen MR) is 104 cm³/mol. The fourth-order valence-electron chi connectivity index (χ4n) is 2.97.